The summed E-state index contributed by atoms with van der Waals surface area (Å²) in [5, 5.41) is 5.11. The predicted octanol–water partition coefficient (Wildman–Crippen LogP) is 5.05. The quantitative estimate of drug-likeness (QED) is 0.476. The molecule has 1 atom stereocenters. The summed E-state index contributed by atoms with van der Waals surface area (Å²) in [6.07, 6.45) is 7.39. The van der Waals surface area contributed by atoms with Crippen LogP contribution in [0.1, 0.15) is 53.7 Å². The lowest BCUT2D eigenvalue weighted by Crippen LogP contribution is -2.45. The summed E-state index contributed by atoms with van der Waals surface area (Å²) >= 11 is 6.49. The van der Waals surface area contributed by atoms with Crippen molar-refractivity contribution in [2.75, 3.05) is 14.1 Å². The van der Waals surface area contributed by atoms with Crippen LogP contribution in [0.4, 0.5) is 4.39 Å². The molecule has 1 heterocycles. The largest absolute Gasteiger partial charge is 0.366 e. The Hall–Kier alpha value is -2.41. The highest BCUT2D eigenvalue weighted by molar-refractivity contribution is 6.34. The minimum Gasteiger partial charge on any atom is -0.366 e. The molecule has 1 fully saturated rings. The standard InChI is InChI=1S/C27H32ClFN4O/c1-33(2)17-10-7-15(8-11-17)31-16-9-12-23-19(13-16)25-24(18-5-3-4-6-21(18)28)22(29)14-20(27(30)34)26(25)32-23/h3-6,14-17,31-32H,7-13H2,1-2H3,(H2,30,34). The van der Waals surface area contributed by atoms with E-state index in [1.54, 1.807) is 6.07 Å². The summed E-state index contributed by atoms with van der Waals surface area (Å²) in [5.41, 5.74) is 9.63. The minimum absolute atomic E-state index is 0.184. The van der Waals surface area contributed by atoms with Crippen molar-refractivity contribution >= 4 is 28.4 Å². The molecule has 1 amide bonds. The Morgan fingerprint density at radius 2 is 1.88 bits per heavy atom. The van der Waals surface area contributed by atoms with Crippen molar-refractivity contribution in [3.63, 3.8) is 0 Å². The molecule has 0 saturated heterocycles. The number of aromatic amines is 1. The number of primary amides is 1. The number of nitrogens with one attached hydrogen (secondary N) is 2. The number of hydrogen-bond acceptors (Lipinski definition) is 3. The molecule has 0 radical (unpaired) electrons. The first kappa shape index (κ1) is 23.3. The fraction of sp³-hybridized carbons (Fsp3) is 0.444. The van der Waals surface area contributed by atoms with E-state index >= 15 is 4.39 Å². The molecule has 7 heteroatoms. The van der Waals surface area contributed by atoms with E-state index in [0.29, 0.717) is 39.8 Å². The van der Waals surface area contributed by atoms with Gasteiger partial charge in [0, 0.05) is 45.4 Å². The molecule has 180 valence electrons. The van der Waals surface area contributed by atoms with Crippen LogP contribution in [0, 0.1) is 5.82 Å². The number of aryl methyl sites for hydroxylation is 1. The maximum atomic E-state index is 15.5. The number of hydrogen-bond donors (Lipinski definition) is 3. The van der Waals surface area contributed by atoms with Crippen molar-refractivity contribution in [2.24, 2.45) is 5.73 Å². The lowest BCUT2D eigenvalue weighted by Gasteiger charge is -2.36. The first-order chi connectivity index (χ1) is 16.3. The molecule has 4 N–H and O–H groups in total. The number of amides is 1. The number of aromatic nitrogens is 1. The van der Waals surface area contributed by atoms with Gasteiger partial charge in [-0.1, -0.05) is 29.8 Å². The molecule has 1 aromatic heterocycles. The summed E-state index contributed by atoms with van der Waals surface area (Å²) < 4.78 is 15.5. The van der Waals surface area contributed by atoms with Crippen molar-refractivity contribution in [3.05, 3.63) is 58.0 Å². The minimum atomic E-state index is -0.638. The number of carbonyl (C=O) groups is 1. The van der Waals surface area contributed by atoms with Gasteiger partial charge >= 0.3 is 0 Å². The Labute approximate surface area is 204 Å². The Bertz CT molecular complexity index is 1230. The number of rotatable bonds is 5. The van der Waals surface area contributed by atoms with E-state index in [9.17, 15) is 4.79 Å². The second-order valence-electron chi connectivity index (χ2n) is 10.0. The number of carbonyl (C=O) groups excluding carboxylic acids is 1. The molecule has 0 spiro atoms. The zero-order valence-electron chi connectivity index (χ0n) is 19.8. The normalized spacial score (nSPS) is 22.8. The Kier molecular flexibility index (Phi) is 6.40. The van der Waals surface area contributed by atoms with Crippen LogP contribution in [0.25, 0.3) is 22.0 Å². The van der Waals surface area contributed by atoms with Crippen LogP contribution in [-0.4, -0.2) is 48.0 Å². The number of nitrogens with zero attached hydrogens (tertiary/aromatic N) is 1. The van der Waals surface area contributed by atoms with Crippen molar-refractivity contribution in [1.82, 2.24) is 15.2 Å². The van der Waals surface area contributed by atoms with Gasteiger partial charge in [-0.15, -0.1) is 0 Å². The van der Waals surface area contributed by atoms with Gasteiger partial charge in [0.05, 0.1) is 11.1 Å². The summed E-state index contributed by atoms with van der Waals surface area (Å²) in [6, 6.07) is 9.99. The lowest BCUT2D eigenvalue weighted by molar-refractivity contribution is 0.100. The predicted molar refractivity (Wildman–Crippen MR) is 136 cm³/mol. The van der Waals surface area contributed by atoms with E-state index in [0.717, 1.165) is 35.9 Å². The third-order valence-corrected chi connectivity index (χ3v) is 8.05. The lowest BCUT2D eigenvalue weighted by atomic mass is 9.85. The number of fused-ring (bicyclic) bond motifs is 3. The molecular formula is C27H32ClFN4O. The van der Waals surface area contributed by atoms with Crippen LogP contribution in [0.3, 0.4) is 0 Å². The van der Waals surface area contributed by atoms with Crippen LogP contribution in [0.5, 0.6) is 0 Å². The molecule has 2 aromatic carbocycles. The molecule has 5 rings (SSSR count). The van der Waals surface area contributed by atoms with Gasteiger partial charge in [0.2, 0.25) is 0 Å². The molecule has 5 nitrogen and oxygen atoms in total. The molecule has 2 aliphatic rings. The first-order valence-corrected chi connectivity index (χ1v) is 12.5. The maximum absolute atomic E-state index is 15.5. The van der Waals surface area contributed by atoms with E-state index in [-0.39, 0.29) is 5.56 Å². The van der Waals surface area contributed by atoms with Crippen LogP contribution >= 0.6 is 11.6 Å². The van der Waals surface area contributed by atoms with Crippen LogP contribution in [0.2, 0.25) is 5.02 Å². The van der Waals surface area contributed by atoms with Crippen molar-refractivity contribution in [3.8, 4) is 11.1 Å². The van der Waals surface area contributed by atoms with Crippen LogP contribution in [0.15, 0.2) is 30.3 Å². The summed E-state index contributed by atoms with van der Waals surface area (Å²) in [5.74, 6) is -1.12. The molecule has 0 aliphatic heterocycles. The van der Waals surface area contributed by atoms with Gasteiger partial charge in [-0.2, -0.15) is 0 Å². The summed E-state index contributed by atoms with van der Waals surface area (Å²) in [6.45, 7) is 0. The van der Waals surface area contributed by atoms with Crippen LogP contribution < -0.4 is 11.1 Å². The summed E-state index contributed by atoms with van der Waals surface area (Å²) in [7, 11) is 4.32. The van der Waals surface area contributed by atoms with E-state index in [4.69, 9.17) is 17.3 Å². The van der Waals surface area contributed by atoms with Gasteiger partial charge in [0.15, 0.2) is 0 Å². The second kappa shape index (κ2) is 9.33. The number of nitrogens with two attached hydrogens (primary N) is 1. The third-order valence-electron chi connectivity index (χ3n) is 7.72. The Morgan fingerprint density at radius 1 is 1.15 bits per heavy atom. The Morgan fingerprint density at radius 3 is 2.56 bits per heavy atom. The molecule has 2 aliphatic carbocycles. The fourth-order valence-corrected chi connectivity index (χ4v) is 6.15. The van der Waals surface area contributed by atoms with Gasteiger partial charge in [-0.3, -0.25) is 4.79 Å². The molecule has 1 saturated carbocycles. The highest BCUT2D eigenvalue weighted by atomic mass is 35.5. The number of benzene rings is 2. The smallest absolute Gasteiger partial charge is 0.250 e. The van der Waals surface area contributed by atoms with Gasteiger partial charge in [0.25, 0.3) is 5.91 Å². The Balaban J connectivity index is 1.52. The fourth-order valence-electron chi connectivity index (χ4n) is 5.92. The van der Waals surface area contributed by atoms with E-state index in [1.165, 1.54) is 31.7 Å². The second-order valence-corrected chi connectivity index (χ2v) is 10.4. The van der Waals surface area contributed by atoms with Crippen molar-refractivity contribution in [1.29, 1.82) is 0 Å². The molecular weight excluding hydrogens is 451 g/mol. The van der Waals surface area contributed by atoms with Gasteiger partial charge < -0.3 is 20.9 Å². The van der Waals surface area contributed by atoms with Crippen LogP contribution in [-0.2, 0) is 12.8 Å². The molecule has 34 heavy (non-hydrogen) atoms. The van der Waals surface area contributed by atoms with Gasteiger partial charge in [0.1, 0.15) is 5.82 Å². The van der Waals surface area contributed by atoms with E-state index < -0.39 is 11.7 Å². The van der Waals surface area contributed by atoms with E-state index in [1.807, 2.05) is 18.2 Å². The zero-order chi connectivity index (χ0) is 24.0. The highest BCUT2D eigenvalue weighted by Gasteiger charge is 2.30. The highest BCUT2D eigenvalue weighted by Crippen LogP contribution is 2.42. The zero-order valence-corrected chi connectivity index (χ0v) is 20.5. The SMILES string of the molecule is CN(C)C1CCC(NC2CCc3[nH]c4c(C(N)=O)cc(F)c(-c5ccccc5Cl)c4c3C2)CC1. The summed E-state index contributed by atoms with van der Waals surface area (Å²) in [4.78, 5) is 17.9. The average Bonchev–Trinajstić information content (AvgIpc) is 3.18. The first-order valence-electron chi connectivity index (χ1n) is 12.2. The molecule has 0 bridgehead atoms. The number of halogens is 2. The molecule has 1 unspecified atom stereocenters. The van der Waals surface area contributed by atoms with Gasteiger partial charge in [-0.25, -0.2) is 4.39 Å². The van der Waals surface area contributed by atoms with Crippen molar-refractivity contribution in [2.45, 2.75) is 63.1 Å². The topological polar surface area (TPSA) is 74.2 Å². The maximum Gasteiger partial charge on any atom is 0.250 e. The van der Waals surface area contributed by atoms with E-state index in [2.05, 4.69) is 29.3 Å². The monoisotopic (exact) mass is 482 g/mol. The third kappa shape index (κ3) is 4.23. The molecule has 3 aromatic rings. The van der Waals surface area contributed by atoms with Crippen molar-refractivity contribution < 1.29 is 9.18 Å². The number of H-pyrrole nitrogens is 1. The average molecular weight is 483 g/mol. The van der Waals surface area contributed by atoms with Gasteiger partial charge in [-0.05, 0) is 76.7 Å².